The maximum atomic E-state index is 13.4. The molecule has 6 rings (SSSR count). The number of likely N-dealkylation sites (tertiary alicyclic amines) is 1. The zero-order valence-electron chi connectivity index (χ0n) is 19.6. The minimum atomic E-state index is 0.0600. The highest BCUT2D eigenvalue weighted by Gasteiger charge is 2.42. The van der Waals surface area contributed by atoms with Crippen molar-refractivity contribution in [2.45, 2.75) is 64.3 Å². The Morgan fingerprint density at radius 1 is 1.18 bits per heavy atom. The van der Waals surface area contributed by atoms with E-state index in [-0.39, 0.29) is 11.5 Å². The van der Waals surface area contributed by atoms with Gasteiger partial charge in [-0.1, -0.05) is 19.1 Å². The van der Waals surface area contributed by atoms with Crippen molar-refractivity contribution in [3.05, 3.63) is 45.5 Å². The van der Waals surface area contributed by atoms with E-state index in [0.717, 1.165) is 80.9 Å². The quantitative estimate of drug-likeness (QED) is 0.728. The first-order valence-electron chi connectivity index (χ1n) is 12.9. The molecule has 3 atom stereocenters. The summed E-state index contributed by atoms with van der Waals surface area (Å²) in [5.74, 6) is 2.21. The molecule has 1 amide bonds. The number of rotatable bonds is 4. The molecule has 1 N–H and O–H groups in total. The molecule has 2 aliphatic carbocycles. The van der Waals surface area contributed by atoms with Gasteiger partial charge < -0.3 is 4.90 Å². The molecule has 7 nitrogen and oxygen atoms in total. The maximum absolute atomic E-state index is 13.4. The molecule has 2 aromatic rings. The molecule has 0 radical (unpaired) electrons. The predicted octanol–water partition coefficient (Wildman–Crippen LogP) is 3.10. The lowest BCUT2D eigenvalue weighted by Crippen LogP contribution is -2.39. The number of nitrogens with one attached hydrogen (secondary N) is 1. The van der Waals surface area contributed by atoms with Crippen LogP contribution in [0.5, 0.6) is 0 Å². The Kier molecular flexibility index (Phi) is 5.40. The standard InChI is InChI=1S/C26H35N5O2/c1-17-13-20(17)25(32)30-11-7-19(8-12-30)23-14-24-27-22-9-10-29(15-18-5-3-2-4-6-18)16-21(22)26(33)31(24)28-23/h2-3,14,17-20,28H,4-13,15-16H2,1H3/t17-,18-,20-/m1/s1. The molecule has 7 heteroatoms. The fourth-order valence-corrected chi connectivity index (χ4v) is 6.12. The van der Waals surface area contributed by atoms with Gasteiger partial charge in [0.15, 0.2) is 5.65 Å². The van der Waals surface area contributed by atoms with Crippen LogP contribution >= 0.6 is 0 Å². The van der Waals surface area contributed by atoms with Crippen LogP contribution in [-0.4, -0.2) is 56.5 Å². The molecule has 0 aromatic carbocycles. The summed E-state index contributed by atoms with van der Waals surface area (Å²) in [5, 5.41) is 3.38. The summed E-state index contributed by atoms with van der Waals surface area (Å²) < 4.78 is 1.66. The molecule has 2 fully saturated rings. The zero-order chi connectivity index (χ0) is 22.5. The molecular formula is C26H35N5O2. The Labute approximate surface area is 194 Å². The number of hydrogen-bond acceptors (Lipinski definition) is 4. The van der Waals surface area contributed by atoms with Gasteiger partial charge >= 0.3 is 0 Å². The molecule has 2 aliphatic heterocycles. The third kappa shape index (κ3) is 4.05. The van der Waals surface area contributed by atoms with Gasteiger partial charge in [0.2, 0.25) is 5.91 Å². The highest BCUT2D eigenvalue weighted by atomic mass is 16.2. The molecule has 1 saturated heterocycles. The SMILES string of the molecule is C[C@@H]1C[C@H]1C(=O)N1CCC(c2cc3nc4c(c(=O)n3[nH]2)CN(C[C@@H]2CC=CCC2)CC4)CC1. The molecule has 176 valence electrons. The minimum Gasteiger partial charge on any atom is -0.342 e. The monoisotopic (exact) mass is 449 g/mol. The van der Waals surface area contributed by atoms with Gasteiger partial charge in [-0.25, -0.2) is 9.50 Å². The molecule has 4 aliphatic rings. The molecule has 0 spiro atoms. The van der Waals surface area contributed by atoms with E-state index >= 15 is 0 Å². The summed E-state index contributed by atoms with van der Waals surface area (Å²) in [6, 6.07) is 2.06. The van der Waals surface area contributed by atoms with Crippen molar-refractivity contribution in [1.29, 1.82) is 0 Å². The lowest BCUT2D eigenvalue weighted by atomic mass is 9.93. The number of aromatic nitrogens is 3. The van der Waals surface area contributed by atoms with Crippen molar-refractivity contribution in [3.63, 3.8) is 0 Å². The van der Waals surface area contributed by atoms with Gasteiger partial charge in [0.25, 0.3) is 5.56 Å². The predicted molar refractivity (Wildman–Crippen MR) is 127 cm³/mol. The highest BCUT2D eigenvalue weighted by molar-refractivity contribution is 5.81. The van der Waals surface area contributed by atoms with E-state index in [2.05, 4.69) is 35.1 Å². The Morgan fingerprint density at radius 3 is 2.73 bits per heavy atom. The van der Waals surface area contributed by atoms with E-state index in [1.54, 1.807) is 4.52 Å². The average molecular weight is 450 g/mol. The number of aromatic amines is 1. The van der Waals surface area contributed by atoms with E-state index in [9.17, 15) is 9.59 Å². The lowest BCUT2D eigenvalue weighted by Gasteiger charge is -2.31. The number of hydrogen-bond donors (Lipinski definition) is 1. The average Bonchev–Trinajstić information content (AvgIpc) is 3.42. The van der Waals surface area contributed by atoms with Gasteiger partial charge in [0.05, 0.1) is 11.3 Å². The van der Waals surface area contributed by atoms with Crippen molar-refractivity contribution < 1.29 is 4.79 Å². The van der Waals surface area contributed by atoms with Crippen LogP contribution in [0.4, 0.5) is 0 Å². The van der Waals surface area contributed by atoms with Gasteiger partial charge in [-0.05, 0) is 50.4 Å². The summed E-state index contributed by atoms with van der Waals surface area (Å²) >= 11 is 0. The third-order valence-electron chi connectivity index (χ3n) is 8.43. The van der Waals surface area contributed by atoms with Crippen LogP contribution in [-0.2, 0) is 17.8 Å². The minimum absolute atomic E-state index is 0.0600. The van der Waals surface area contributed by atoms with Gasteiger partial charge in [0.1, 0.15) is 0 Å². The van der Waals surface area contributed by atoms with Crippen LogP contribution in [0.2, 0.25) is 0 Å². The maximum Gasteiger partial charge on any atom is 0.277 e. The van der Waals surface area contributed by atoms with Crippen LogP contribution in [0.15, 0.2) is 23.0 Å². The van der Waals surface area contributed by atoms with E-state index in [0.29, 0.717) is 30.2 Å². The summed E-state index contributed by atoms with van der Waals surface area (Å²) in [7, 11) is 0. The smallest absolute Gasteiger partial charge is 0.277 e. The molecule has 33 heavy (non-hydrogen) atoms. The fraction of sp³-hybridized carbons (Fsp3) is 0.654. The number of carbonyl (C=O) groups excluding carboxylic acids is 1. The summed E-state index contributed by atoms with van der Waals surface area (Å²) in [4.78, 5) is 35.3. The van der Waals surface area contributed by atoms with E-state index in [1.165, 1.54) is 12.8 Å². The Hall–Kier alpha value is -2.41. The van der Waals surface area contributed by atoms with Crippen LogP contribution in [0.3, 0.4) is 0 Å². The van der Waals surface area contributed by atoms with Gasteiger partial charge in [0, 0.05) is 62.7 Å². The van der Waals surface area contributed by atoms with Gasteiger partial charge in [-0.2, -0.15) is 0 Å². The van der Waals surface area contributed by atoms with Crippen molar-refractivity contribution in [2.75, 3.05) is 26.2 Å². The normalized spacial score (nSPS) is 28.3. The zero-order valence-corrected chi connectivity index (χ0v) is 19.6. The number of piperidine rings is 1. The van der Waals surface area contributed by atoms with Crippen molar-refractivity contribution in [2.24, 2.45) is 17.8 Å². The number of H-pyrrole nitrogens is 1. The Balaban J connectivity index is 1.16. The largest absolute Gasteiger partial charge is 0.342 e. The first-order chi connectivity index (χ1) is 16.1. The molecule has 2 aromatic heterocycles. The van der Waals surface area contributed by atoms with Crippen molar-refractivity contribution in [1.82, 2.24) is 24.4 Å². The number of allylic oxidation sites excluding steroid dienone is 2. The molecule has 1 saturated carbocycles. The van der Waals surface area contributed by atoms with E-state index in [1.807, 2.05) is 4.90 Å². The second-order valence-electron chi connectivity index (χ2n) is 10.8. The second kappa shape index (κ2) is 8.42. The third-order valence-corrected chi connectivity index (χ3v) is 8.43. The summed E-state index contributed by atoms with van der Waals surface area (Å²) in [5.41, 5.74) is 3.72. The van der Waals surface area contributed by atoms with Gasteiger partial charge in [-0.3, -0.25) is 19.6 Å². The first kappa shape index (κ1) is 21.1. The topological polar surface area (TPSA) is 73.7 Å². The summed E-state index contributed by atoms with van der Waals surface area (Å²) in [6.07, 6.45) is 12.0. The summed E-state index contributed by atoms with van der Waals surface area (Å²) in [6.45, 7) is 6.55. The molecule has 0 unspecified atom stereocenters. The lowest BCUT2D eigenvalue weighted by molar-refractivity contribution is -0.133. The highest BCUT2D eigenvalue weighted by Crippen LogP contribution is 2.40. The molecule has 0 bridgehead atoms. The van der Waals surface area contributed by atoms with Crippen molar-refractivity contribution in [3.8, 4) is 0 Å². The fourth-order valence-electron chi connectivity index (χ4n) is 6.12. The van der Waals surface area contributed by atoms with Crippen LogP contribution in [0.1, 0.15) is 68.3 Å². The number of fused-ring (bicyclic) bond motifs is 2. The number of amides is 1. The van der Waals surface area contributed by atoms with E-state index < -0.39 is 0 Å². The van der Waals surface area contributed by atoms with Crippen LogP contribution in [0.25, 0.3) is 5.65 Å². The Morgan fingerprint density at radius 2 is 2.00 bits per heavy atom. The molecule has 4 heterocycles. The first-order valence-corrected chi connectivity index (χ1v) is 12.9. The Bertz CT molecular complexity index is 1140. The number of nitrogens with zero attached hydrogens (tertiary/aromatic N) is 4. The van der Waals surface area contributed by atoms with Crippen LogP contribution < -0.4 is 5.56 Å². The number of carbonyl (C=O) groups is 1. The van der Waals surface area contributed by atoms with Gasteiger partial charge in [-0.15, -0.1) is 0 Å². The van der Waals surface area contributed by atoms with Crippen molar-refractivity contribution >= 4 is 11.6 Å². The van der Waals surface area contributed by atoms with E-state index in [4.69, 9.17) is 4.98 Å². The second-order valence-corrected chi connectivity index (χ2v) is 10.8. The van der Waals surface area contributed by atoms with Crippen LogP contribution in [0, 0.1) is 17.8 Å². The molecular weight excluding hydrogens is 414 g/mol.